The van der Waals surface area contributed by atoms with E-state index >= 15 is 0 Å². The van der Waals surface area contributed by atoms with Crippen LogP contribution in [0.15, 0.2) is 29.2 Å². The van der Waals surface area contributed by atoms with E-state index in [9.17, 15) is 13.0 Å². The summed E-state index contributed by atoms with van der Waals surface area (Å²) in [4.78, 5) is -0.118. The van der Waals surface area contributed by atoms with E-state index in [1.807, 2.05) is 20.8 Å². The molecule has 78 valence electrons. The highest BCUT2D eigenvalue weighted by Gasteiger charge is 2.19. The van der Waals surface area contributed by atoms with Crippen LogP contribution in [-0.4, -0.2) is 13.0 Å². The van der Waals surface area contributed by atoms with Crippen molar-refractivity contribution in [2.24, 2.45) is 0 Å². The molecular weight excluding hydrogens is 200 g/mol. The van der Waals surface area contributed by atoms with E-state index in [-0.39, 0.29) is 10.3 Å². The van der Waals surface area contributed by atoms with Gasteiger partial charge in [-0.1, -0.05) is 39.0 Å². The van der Waals surface area contributed by atoms with Crippen LogP contribution in [-0.2, 0) is 15.5 Å². The fourth-order valence-corrected chi connectivity index (χ4v) is 2.19. The molecule has 1 aromatic rings. The maximum Gasteiger partial charge on any atom is 0.124 e. The van der Waals surface area contributed by atoms with Crippen LogP contribution in [0.1, 0.15) is 26.3 Å². The minimum atomic E-state index is -4.37. The van der Waals surface area contributed by atoms with Crippen molar-refractivity contribution < 1.29 is 13.0 Å². The molecule has 0 saturated heterocycles. The van der Waals surface area contributed by atoms with Crippen molar-refractivity contribution in [1.29, 1.82) is 0 Å². The zero-order valence-corrected chi connectivity index (χ0v) is 9.26. The Morgan fingerprint density at radius 2 is 1.64 bits per heavy atom. The van der Waals surface area contributed by atoms with Crippen LogP contribution in [0.3, 0.4) is 0 Å². The average molecular weight is 213 g/mol. The third-order valence-electron chi connectivity index (χ3n) is 1.96. The molecule has 1 aromatic carbocycles. The van der Waals surface area contributed by atoms with Gasteiger partial charge in [-0.05, 0) is 17.0 Å². The Morgan fingerprint density at radius 1 is 1.14 bits per heavy atom. The predicted molar refractivity (Wildman–Crippen MR) is 53.1 cm³/mol. The zero-order chi connectivity index (χ0) is 11.0. The van der Waals surface area contributed by atoms with Gasteiger partial charge in [0.05, 0.1) is 4.90 Å². The molecule has 0 radical (unpaired) electrons. The smallest absolute Gasteiger partial charge is 0.124 e. The summed E-state index contributed by atoms with van der Waals surface area (Å²) < 4.78 is 32.8. The van der Waals surface area contributed by atoms with Crippen molar-refractivity contribution in [1.82, 2.24) is 0 Å². The normalized spacial score (nSPS) is 12.9. The molecule has 0 saturated carbocycles. The molecule has 0 aliphatic rings. The van der Waals surface area contributed by atoms with Gasteiger partial charge in [0.15, 0.2) is 0 Å². The summed E-state index contributed by atoms with van der Waals surface area (Å²) in [6, 6.07) is 6.31. The van der Waals surface area contributed by atoms with Gasteiger partial charge in [0.2, 0.25) is 0 Å². The summed E-state index contributed by atoms with van der Waals surface area (Å²) in [7, 11) is -4.37. The van der Waals surface area contributed by atoms with Crippen molar-refractivity contribution in [2.75, 3.05) is 0 Å². The summed E-state index contributed by atoms with van der Waals surface area (Å²) in [6.07, 6.45) is 0. The molecule has 0 amide bonds. The van der Waals surface area contributed by atoms with Gasteiger partial charge >= 0.3 is 0 Å². The lowest BCUT2D eigenvalue weighted by atomic mass is 9.87. The average Bonchev–Trinajstić information content (AvgIpc) is 2.01. The number of hydrogen-bond donors (Lipinski definition) is 0. The van der Waals surface area contributed by atoms with E-state index in [1.165, 1.54) is 6.07 Å². The van der Waals surface area contributed by atoms with Crippen molar-refractivity contribution in [3.8, 4) is 0 Å². The van der Waals surface area contributed by atoms with Gasteiger partial charge < -0.3 is 4.55 Å². The molecule has 0 fully saturated rings. The molecule has 0 aromatic heterocycles. The second-order valence-corrected chi connectivity index (χ2v) is 5.55. The first kappa shape index (κ1) is 11.2. The minimum Gasteiger partial charge on any atom is -0.744 e. The zero-order valence-electron chi connectivity index (χ0n) is 8.44. The van der Waals surface area contributed by atoms with Crippen LogP contribution in [0.5, 0.6) is 0 Å². The molecule has 1 rings (SSSR count). The first-order valence-corrected chi connectivity index (χ1v) is 5.69. The van der Waals surface area contributed by atoms with Crippen LogP contribution in [0.4, 0.5) is 0 Å². The van der Waals surface area contributed by atoms with Crippen molar-refractivity contribution >= 4 is 10.1 Å². The lowest BCUT2D eigenvalue weighted by Crippen LogP contribution is -2.16. The first-order valence-electron chi connectivity index (χ1n) is 4.28. The lowest BCUT2D eigenvalue weighted by molar-refractivity contribution is 0.457. The highest BCUT2D eigenvalue weighted by atomic mass is 32.2. The summed E-state index contributed by atoms with van der Waals surface area (Å²) in [5.74, 6) is 0. The summed E-state index contributed by atoms with van der Waals surface area (Å²) in [5.41, 5.74) is 0.226. The second kappa shape index (κ2) is 3.37. The Kier molecular flexibility index (Phi) is 2.69. The monoisotopic (exact) mass is 213 g/mol. The maximum absolute atomic E-state index is 10.9. The van der Waals surface area contributed by atoms with E-state index in [4.69, 9.17) is 0 Å². The van der Waals surface area contributed by atoms with Crippen molar-refractivity contribution in [3.05, 3.63) is 29.8 Å². The lowest BCUT2D eigenvalue weighted by Gasteiger charge is -2.23. The minimum absolute atomic E-state index is 0.118. The fourth-order valence-electron chi connectivity index (χ4n) is 1.30. The Labute approximate surface area is 84.5 Å². The van der Waals surface area contributed by atoms with E-state index in [0.29, 0.717) is 5.56 Å². The van der Waals surface area contributed by atoms with Gasteiger partial charge in [0, 0.05) is 0 Å². The molecule has 14 heavy (non-hydrogen) atoms. The van der Waals surface area contributed by atoms with E-state index in [0.717, 1.165) is 0 Å². The van der Waals surface area contributed by atoms with Crippen LogP contribution in [0, 0.1) is 0 Å². The summed E-state index contributed by atoms with van der Waals surface area (Å²) in [5, 5.41) is 0. The maximum atomic E-state index is 10.9. The molecule has 0 N–H and O–H groups in total. The standard InChI is InChI=1S/C10H14O3S/c1-10(2,3)8-6-4-5-7-9(8)14(11,12)13/h4-7H,1-3H3,(H,11,12,13)/p-1. The topological polar surface area (TPSA) is 57.2 Å². The van der Waals surface area contributed by atoms with Crippen LogP contribution in [0.2, 0.25) is 0 Å². The summed E-state index contributed by atoms with van der Waals surface area (Å²) >= 11 is 0. The third-order valence-corrected chi connectivity index (χ3v) is 2.86. The Balaban J connectivity index is 3.47. The molecule has 0 aliphatic carbocycles. The van der Waals surface area contributed by atoms with Crippen LogP contribution >= 0.6 is 0 Å². The van der Waals surface area contributed by atoms with Crippen molar-refractivity contribution in [3.63, 3.8) is 0 Å². The molecule has 0 aliphatic heterocycles. The van der Waals surface area contributed by atoms with E-state index < -0.39 is 10.1 Å². The van der Waals surface area contributed by atoms with Gasteiger partial charge in [-0.2, -0.15) is 0 Å². The third kappa shape index (κ3) is 2.33. The molecular formula is C10H13O3S-. The quantitative estimate of drug-likeness (QED) is 0.669. The Bertz CT molecular complexity index is 427. The molecule has 0 atom stereocenters. The highest BCUT2D eigenvalue weighted by Crippen LogP contribution is 2.28. The number of rotatable bonds is 1. The summed E-state index contributed by atoms with van der Waals surface area (Å²) in [6.45, 7) is 5.62. The van der Waals surface area contributed by atoms with Gasteiger partial charge in [0.25, 0.3) is 0 Å². The Hall–Kier alpha value is -0.870. The van der Waals surface area contributed by atoms with Gasteiger partial charge in [-0.15, -0.1) is 0 Å². The molecule has 0 bridgehead atoms. The molecule has 0 spiro atoms. The molecule has 0 unspecified atom stereocenters. The predicted octanol–water partition coefficient (Wildman–Crippen LogP) is 1.89. The van der Waals surface area contributed by atoms with Gasteiger partial charge in [-0.25, -0.2) is 8.42 Å². The fraction of sp³-hybridized carbons (Fsp3) is 0.400. The van der Waals surface area contributed by atoms with Crippen molar-refractivity contribution in [2.45, 2.75) is 31.1 Å². The Morgan fingerprint density at radius 3 is 2.00 bits per heavy atom. The van der Waals surface area contributed by atoms with Crippen LogP contribution < -0.4 is 0 Å². The second-order valence-electron chi connectivity index (χ2n) is 4.20. The molecule has 4 heteroatoms. The first-order chi connectivity index (χ1) is 6.23. The number of hydrogen-bond acceptors (Lipinski definition) is 3. The van der Waals surface area contributed by atoms with Gasteiger partial charge in [-0.3, -0.25) is 0 Å². The van der Waals surface area contributed by atoms with Gasteiger partial charge in [0.1, 0.15) is 10.1 Å². The van der Waals surface area contributed by atoms with E-state index in [2.05, 4.69) is 0 Å². The number of benzene rings is 1. The van der Waals surface area contributed by atoms with E-state index in [1.54, 1.807) is 18.2 Å². The molecule has 3 nitrogen and oxygen atoms in total. The van der Waals surface area contributed by atoms with Crippen LogP contribution in [0.25, 0.3) is 0 Å². The largest absolute Gasteiger partial charge is 0.744 e. The SMILES string of the molecule is CC(C)(C)c1ccccc1S(=O)(=O)[O-]. The molecule has 0 heterocycles. The highest BCUT2D eigenvalue weighted by molar-refractivity contribution is 7.85.